The third-order valence-electron chi connectivity index (χ3n) is 4.63. The number of benzene rings is 2. The van der Waals surface area contributed by atoms with Gasteiger partial charge in [0.2, 0.25) is 0 Å². The van der Waals surface area contributed by atoms with E-state index in [4.69, 9.17) is 4.74 Å². The Kier molecular flexibility index (Phi) is 6.94. The highest BCUT2D eigenvalue weighted by Gasteiger charge is 2.29. The first-order chi connectivity index (χ1) is 14.7. The molecule has 0 unspecified atom stereocenters. The molecule has 1 amide bonds. The Morgan fingerprint density at radius 2 is 1.77 bits per heavy atom. The Hall–Kier alpha value is -2.94. The maximum absolute atomic E-state index is 14.6. The summed E-state index contributed by atoms with van der Waals surface area (Å²) in [4.78, 5) is 18.3. The summed E-state index contributed by atoms with van der Waals surface area (Å²) in [5.41, 5.74) is 0.294. The van der Waals surface area contributed by atoms with Gasteiger partial charge >= 0.3 is 6.18 Å². The molecule has 31 heavy (non-hydrogen) atoms. The molecule has 3 rings (SSSR count). The van der Waals surface area contributed by atoms with Crippen molar-refractivity contribution in [3.8, 4) is 16.3 Å². The molecule has 0 aliphatic rings. The molecule has 0 saturated heterocycles. The van der Waals surface area contributed by atoms with Crippen molar-refractivity contribution in [3.05, 3.63) is 70.5 Å². The van der Waals surface area contributed by atoms with Crippen LogP contribution in [0.3, 0.4) is 0 Å². The molecule has 0 aliphatic heterocycles. The number of rotatable bonds is 7. The fourth-order valence-corrected chi connectivity index (χ4v) is 3.70. The maximum atomic E-state index is 14.6. The lowest BCUT2D eigenvalue weighted by Crippen LogP contribution is -2.30. The Labute approximate surface area is 181 Å². The summed E-state index contributed by atoms with van der Waals surface area (Å²) in [6.07, 6.45) is -4.40. The van der Waals surface area contributed by atoms with E-state index in [0.29, 0.717) is 23.7 Å². The van der Waals surface area contributed by atoms with Gasteiger partial charge in [0.25, 0.3) is 5.91 Å². The second-order valence-corrected chi connectivity index (χ2v) is 7.50. The summed E-state index contributed by atoms with van der Waals surface area (Å²) in [6.45, 7) is 4.86. The first-order valence-electron chi connectivity index (χ1n) is 9.56. The highest BCUT2D eigenvalue weighted by Crippen LogP contribution is 2.31. The lowest BCUT2D eigenvalue weighted by Gasteiger charge is -2.16. The van der Waals surface area contributed by atoms with E-state index in [9.17, 15) is 22.4 Å². The third kappa shape index (κ3) is 5.41. The van der Waals surface area contributed by atoms with Crippen molar-refractivity contribution in [1.82, 2.24) is 9.88 Å². The lowest BCUT2D eigenvalue weighted by atomic mass is 10.1. The molecular weight excluding hydrogens is 432 g/mol. The van der Waals surface area contributed by atoms with Crippen molar-refractivity contribution in [2.24, 2.45) is 0 Å². The quantitative estimate of drug-likeness (QED) is 0.411. The number of thiazole rings is 1. The fraction of sp³-hybridized carbons (Fsp3) is 0.273. The summed E-state index contributed by atoms with van der Waals surface area (Å²) in [5.74, 6) is -0.539. The molecule has 4 nitrogen and oxygen atoms in total. The first kappa shape index (κ1) is 22.7. The largest absolute Gasteiger partial charge is 0.489 e. The molecule has 0 aliphatic carbocycles. The SMILES string of the molecule is CCN(CC)C(=O)c1csc(-c2ccc(OCc3ccc(C(F)(F)F)cc3)cc2F)n1. The van der Waals surface area contributed by atoms with Crippen molar-refractivity contribution in [1.29, 1.82) is 0 Å². The van der Waals surface area contributed by atoms with E-state index < -0.39 is 17.6 Å². The molecular formula is C22H20F4N2O2S. The van der Waals surface area contributed by atoms with Crippen LogP contribution < -0.4 is 4.74 Å². The zero-order chi connectivity index (χ0) is 22.6. The van der Waals surface area contributed by atoms with Crippen molar-refractivity contribution in [2.75, 3.05) is 13.1 Å². The van der Waals surface area contributed by atoms with Crippen molar-refractivity contribution in [2.45, 2.75) is 26.6 Å². The Morgan fingerprint density at radius 3 is 2.35 bits per heavy atom. The summed E-state index contributed by atoms with van der Waals surface area (Å²) in [5, 5.41) is 1.98. The molecule has 0 spiro atoms. The number of carbonyl (C=O) groups is 1. The van der Waals surface area contributed by atoms with E-state index in [1.165, 1.54) is 35.6 Å². The topological polar surface area (TPSA) is 42.4 Å². The second-order valence-electron chi connectivity index (χ2n) is 6.64. The van der Waals surface area contributed by atoms with Gasteiger partial charge in [-0.2, -0.15) is 13.2 Å². The average molecular weight is 452 g/mol. The van der Waals surface area contributed by atoms with E-state index in [0.717, 1.165) is 12.1 Å². The number of alkyl halides is 3. The van der Waals surface area contributed by atoms with Crippen LogP contribution in [0.15, 0.2) is 47.8 Å². The maximum Gasteiger partial charge on any atom is 0.416 e. The van der Waals surface area contributed by atoms with Crippen LogP contribution in [0.2, 0.25) is 0 Å². The predicted octanol–water partition coefficient (Wildman–Crippen LogP) is 6.03. The number of hydrogen-bond acceptors (Lipinski definition) is 4. The zero-order valence-electron chi connectivity index (χ0n) is 16.9. The molecule has 0 radical (unpaired) electrons. The average Bonchev–Trinajstić information content (AvgIpc) is 3.22. The molecule has 9 heteroatoms. The molecule has 1 aromatic heterocycles. The molecule has 2 aromatic carbocycles. The second kappa shape index (κ2) is 9.47. The summed E-state index contributed by atoms with van der Waals surface area (Å²) in [6, 6.07) is 8.82. The van der Waals surface area contributed by atoms with Gasteiger partial charge in [0.05, 0.1) is 5.56 Å². The third-order valence-corrected chi connectivity index (χ3v) is 5.51. The molecule has 0 bridgehead atoms. The monoisotopic (exact) mass is 452 g/mol. The van der Waals surface area contributed by atoms with Gasteiger partial charge in [0.1, 0.15) is 28.9 Å². The smallest absolute Gasteiger partial charge is 0.416 e. The van der Waals surface area contributed by atoms with Gasteiger partial charge in [-0.25, -0.2) is 9.37 Å². The number of carbonyl (C=O) groups excluding carboxylic acids is 1. The predicted molar refractivity (Wildman–Crippen MR) is 111 cm³/mol. The first-order valence-corrected chi connectivity index (χ1v) is 10.4. The molecule has 1 heterocycles. The minimum Gasteiger partial charge on any atom is -0.489 e. The van der Waals surface area contributed by atoms with E-state index >= 15 is 0 Å². The van der Waals surface area contributed by atoms with Gasteiger partial charge in [0, 0.05) is 30.1 Å². The highest BCUT2D eigenvalue weighted by molar-refractivity contribution is 7.13. The number of hydrogen-bond donors (Lipinski definition) is 0. The summed E-state index contributed by atoms with van der Waals surface area (Å²) >= 11 is 1.17. The van der Waals surface area contributed by atoms with Crippen LogP contribution in [0.25, 0.3) is 10.6 Å². The van der Waals surface area contributed by atoms with Crippen molar-refractivity contribution >= 4 is 17.2 Å². The van der Waals surface area contributed by atoms with Gasteiger partial charge in [-0.3, -0.25) is 4.79 Å². The van der Waals surface area contributed by atoms with E-state index in [2.05, 4.69) is 4.98 Å². The van der Waals surface area contributed by atoms with E-state index in [1.54, 1.807) is 16.3 Å². The van der Waals surface area contributed by atoms with Gasteiger partial charge < -0.3 is 9.64 Å². The van der Waals surface area contributed by atoms with Gasteiger partial charge in [-0.05, 0) is 43.7 Å². The van der Waals surface area contributed by atoms with Crippen LogP contribution in [0.5, 0.6) is 5.75 Å². The molecule has 0 fully saturated rings. The van der Waals surface area contributed by atoms with Gasteiger partial charge in [-0.1, -0.05) is 12.1 Å². The minimum absolute atomic E-state index is 0.00328. The zero-order valence-corrected chi connectivity index (χ0v) is 17.7. The number of aromatic nitrogens is 1. The molecule has 164 valence electrons. The van der Waals surface area contributed by atoms with Crippen LogP contribution in [-0.4, -0.2) is 28.9 Å². The van der Waals surface area contributed by atoms with Gasteiger partial charge in [0.15, 0.2) is 0 Å². The molecule has 0 N–H and O–H groups in total. The molecule has 0 atom stereocenters. The molecule has 0 saturated carbocycles. The van der Waals surface area contributed by atoms with Crippen LogP contribution in [0.1, 0.15) is 35.5 Å². The highest BCUT2D eigenvalue weighted by atomic mass is 32.1. The van der Waals surface area contributed by atoms with E-state index in [-0.39, 0.29) is 29.5 Å². The normalized spacial score (nSPS) is 11.4. The number of ether oxygens (including phenoxy) is 1. The number of halogens is 4. The fourth-order valence-electron chi connectivity index (χ4n) is 2.88. The van der Waals surface area contributed by atoms with Crippen molar-refractivity contribution < 1.29 is 27.1 Å². The Morgan fingerprint density at radius 1 is 1.10 bits per heavy atom. The standard InChI is InChI=1S/C22H20F4N2O2S/c1-3-28(4-2)21(29)19-13-31-20(27-19)17-10-9-16(11-18(17)23)30-12-14-5-7-15(8-6-14)22(24,25)26/h5-11,13H,3-4,12H2,1-2H3. The summed E-state index contributed by atoms with van der Waals surface area (Å²) in [7, 11) is 0. The number of nitrogens with zero attached hydrogens (tertiary/aromatic N) is 2. The Balaban J connectivity index is 1.69. The molecule has 3 aromatic rings. The van der Waals surface area contributed by atoms with Crippen LogP contribution >= 0.6 is 11.3 Å². The summed E-state index contributed by atoms with van der Waals surface area (Å²) < 4.78 is 58.0. The Bertz CT molecular complexity index is 1040. The minimum atomic E-state index is -4.40. The van der Waals surface area contributed by atoms with Crippen molar-refractivity contribution in [3.63, 3.8) is 0 Å². The van der Waals surface area contributed by atoms with Crippen LogP contribution in [0, 0.1) is 5.82 Å². The number of amides is 1. The van der Waals surface area contributed by atoms with Crippen LogP contribution in [-0.2, 0) is 12.8 Å². The van der Waals surface area contributed by atoms with Crippen LogP contribution in [0.4, 0.5) is 17.6 Å². The lowest BCUT2D eigenvalue weighted by molar-refractivity contribution is -0.137. The van der Waals surface area contributed by atoms with Gasteiger partial charge in [-0.15, -0.1) is 11.3 Å². The van der Waals surface area contributed by atoms with E-state index in [1.807, 2.05) is 13.8 Å².